The number of anilines is 1. The van der Waals surface area contributed by atoms with Crippen molar-refractivity contribution in [3.8, 4) is 11.3 Å². The van der Waals surface area contributed by atoms with Gasteiger partial charge in [0, 0.05) is 55.5 Å². The Kier molecular flexibility index (Phi) is 5.38. The molecule has 0 aliphatic carbocycles. The molecule has 1 aromatic heterocycles. The molecule has 0 atom stereocenters. The van der Waals surface area contributed by atoms with Crippen LogP contribution in [0.3, 0.4) is 0 Å². The maximum absolute atomic E-state index is 12.7. The average Bonchev–Trinajstić information content (AvgIpc) is 2.79. The Bertz CT molecular complexity index is 1060. The first kappa shape index (κ1) is 19.5. The molecule has 4 rings (SSSR count). The van der Waals surface area contributed by atoms with E-state index in [1.165, 1.54) is 24.3 Å². The Balaban J connectivity index is 1.45. The molecule has 0 bridgehead atoms. The number of benzene rings is 2. The van der Waals surface area contributed by atoms with Gasteiger partial charge in [-0.05, 0) is 19.1 Å². The molecule has 2 aromatic carbocycles. The van der Waals surface area contributed by atoms with Gasteiger partial charge in [-0.3, -0.25) is 14.9 Å². The van der Waals surface area contributed by atoms with Gasteiger partial charge in [-0.15, -0.1) is 0 Å². The van der Waals surface area contributed by atoms with Crippen molar-refractivity contribution in [3.05, 3.63) is 82.2 Å². The number of nitro groups is 1. The van der Waals surface area contributed by atoms with Crippen molar-refractivity contribution in [3.63, 3.8) is 0 Å². The van der Waals surface area contributed by atoms with Gasteiger partial charge in [0.15, 0.2) is 0 Å². The molecule has 0 spiro atoms. The van der Waals surface area contributed by atoms with Crippen LogP contribution in [0.5, 0.6) is 0 Å². The summed E-state index contributed by atoms with van der Waals surface area (Å²) >= 11 is 0. The average molecular weight is 403 g/mol. The molecule has 0 radical (unpaired) electrons. The predicted octanol–water partition coefficient (Wildman–Crippen LogP) is 3.32. The van der Waals surface area contributed by atoms with Crippen LogP contribution in [0, 0.1) is 17.0 Å². The molecule has 1 amide bonds. The second-order valence-electron chi connectivity index (χ2n) is 7.11. The third-order valence-electron chi connectivity index (χ3n) is 5.11. The molecule has 8 heteroatoms. The van der Waals surface area contributed by atoms with Gasteiger partial charge in [-0.1, -0.05) is 30.3 Å². The number of amides is 1. The molecule has 3 aromatic rings. The molecule has 1 fully saturated rings. The van der Waals surface area contributed by atoms with Gasteiger partial charge in [-0.25, -0.2) is 9.97 Å². The smallest absolute Gasteiger partial charge is 0.269 e. The monoisotopic (exact) mass is 403 g/mol. The van der Waals surface area contributed by atoms with Crippen molar-refractivity contribution in [2.45, 2.75) is 6.92 Å². The molecule has 2 heterocycles. The summed E-state index contributed by atoms with van der Waals surface area (Å²) in [5.41, 5.74) is 2.35. The van der Waals surface area contributed by atoms with Gasteiger partial charge in [0.25, 0.3) is 11.6 Å². The van der Waals surface area contributed by atoms with Crippen LogP contribution in [-0.4, -0.2) is 51.9 Å². The fraction of sp³-hybridized carbons (Fsp3) is 0.227. The Morgan fingerprint density at radius 3 is 2.27 bits per heavy atom. The van der Waals surface area contributed by atoms with E-state index in [0.717, 1.165) is 17.1 Å². The molecule has 152 valence electrons. The lowest BCUT2D eigenvalue weighted by Crippen LogP contribution is -2.49. The molecule has 8 nitrogen and oxygen atoms in total. The summed E-state index contributed by atoms with van der Waals surface area (Å²) in [7, 11) is 0. The van der Waals surface area contributed by atoms with Crippen LogP contribution < -0.4 is 4.90 Å². The van der Waals surface area contributed by atoms with Gasteiger partial charge in [0.1, 0.15) is 11.6 Å². The van der Waals surface area contributed by atoms with Crippen molar-refractivity contribution in [1.82, 2.24) is 14.9 Å². The van der Waals surface area contributed by atoms with Gasteiger partial charge < -0.3 is 9.80 Å². The van der Waals surface area contributed by atoms with Gasteiger partial charge >= 0.3 is 0 Å². The second-order valence-corrected chi connectivity index (χ2v) is 7.11. The maximum atomic E-state index is 12.7. The number of piperazine rings is 1. The van der Waals surface area contributed by atoms with E-state index in [1.54, 1.807) is 4.90 Å². The van der Waals surface area contributed by atoms with Crippen molar-refractivity contribution >= 4 is 17.4 Å². The molecule has 0 saturated carbocycles. The van der Waals surface area contributed by atoms with E-state index < -0.39 is 4.92 Å². The fourth-order valence-electron chi connectivity index (χ4n) is 3.52. The molecule has 1 aliphatic heterocycles. The van der Waals surface area contributed by atoms with E-state index in [1.807, 2.05) is 43.3 Å². The van der Waals surface area contributed by atoms with Gasteiger partial charge in [-0.2, -0.15) is 0 Å². The van der Waals surface area contributed by atoms with Crippen LogP contribution in [0.25, 0.3) is 11.3 Å². The number of carbonyl (C=O) groups excluding carboxylic acids is 1. The summed E-state index contributed by atoms with van der Waals surface area (Å²) in [6.07, 6.45) is 0. The summed E-state index contributed by atoms with van der Waals surface area (Å²) in [5, 5.41) is 10.8. The zero-order valence-corrected chi connectivity index (χ0v) is 16.6. The molecular weight excluding hydrogens is 382 g/mol. The van der Waals surface area contributed by atoms with Crippen LogP contribution in [0.15, 0.2) is 60.7 Å². The third-order valence-corrected chi connectivity index (χ3v) is 5.11. The first-order valence-electron chi connectivity index (χ1n) is 9.71. The summed E-state index contributed by atoms with van der Waals surface area (Å²) in [5.74, 6) is 1.44. The topological polar surface area (TPSA) is 92.5 Å². The number of rotatable bonds is 4. The zero-order valence-electron chi connectivity index (χ0n) is 16.6. The minimum Gasteiger partial charge on any atom is -0.353 e. The zero-order chi connectivity index (χ0) is 21.1. The summed E-state index contributed by atoms with van der Waals surface area (Å²) in [6, 6.07) is 17.7. The number of nitrogens with zero attached hydrogens (tertiary/aromatic N) is 5. The largest absolute Gasteiger partial charge is 0.353 e. The lowest BCUT2D eigenvalue weighted by atomic mass is 10.1. The third kappa shape index (κ3) is 4.12. The van der Waals surface area contributed by atoms with E-state index in [2.05, 4.69) is 14.9 Å². The predicted molar refractivity (Wildman–Crippen MR) is 113 cm³/mol. The normalized spacial score (nSPS) is 13.9. The minimum absolute atomic E-state index is 0.0234. The highest BCUT2D eigenvalue weighted by atomic mass is 16.6. The molecular formula is C22H21N5O3. The van der Waals surface area contributed by atoms with Crippen LogP contribution in [-0.2, 0) is 0 Å². The van der Waals surface area contributed by atoms with Crippen molar-refractivity contribution in [2.75, 3.05) is 31.1 Å². The van der Waals surface area contributed by atoms with Crippen LogP contribution in [0.4, 0.5) is 11.5 Å². The number of hydrogen-bond acceptors (Lipinski definition) is 6. The van der Waals surface area contributed by atoms with Crippen LogP contribution in [0.2, 0.25) is 0 Å². The highest BCUT2D eigenvalue weighted by Gasteiger charge is 2.24. The number of hydrogen-bond donors (Lipinski definition) is 0. The van der Waals surface area contributed by atoms with E-state index >= 15 is 0 Å². The molecule has 0 N–H and O–H groups in total. The molecule has 30 heavy (non-hydrogen) atoms. The first-order valence-corrected chi connectivity index (χ1v) is 9.71. The van der Waals surface area contributed by atoms with Gasteiger partial charge in [0.05, 0.1) is 10.6 Å². The van der Waals surface area contributed by atoms with Crippen LogP contribution >= 0.6 is 0 Å². The molecule has 1 aliphatic rings. The quantitative estimate of drug-likeness (QED) is 0.490. The number of carbonyl (C=O) groups is 1. The summed E-state index contributed by atoms with van der Waals surface area (Å²) in [4.78, 5) is 36.1. The second kappa shape index (κ2) is 8.28. The Hall–Kier alpha value is -3.81. The van der Waals surface area contributed by atoms with E-state index in [4.69, 9.17) is 0 Å². The molecule has 0 unspecified atom stereocenters. The molecule has 1 saturated heterocycles. The van der Waals surface area contributed by atoms with E-state index in [-0.39, 0.29) is 11.6 Å². The number of aryl methyl sites for hydroxylation is 1. The first-order chi connectivity index (χ1) is 14.5. The Morgan fingerprint density at radius 1 is 0.967 bits per heavy atom. The standard InChI is InChI=1S/C22H21N5O3/c1-16-23-20(17-5-3-2-4-6-17)15-21(24-16)25-11-13-26(14-12-25)22(28)18-7-9-19(10-8-18)27(29)30/h2-10,15H,11-14H2,1H3. The number of aromatic nitrogens is 2. The number of non-ortho nitro benzene ring substituents is 1. The number of nitro benzene ring substituents is 1. The lowest BCUT2D eigenvalue weighted by Gasteiger charge is -2.35. The Labute approximate surface area is 174 Å². The SMILES string of the molecule is Cc1nc(-c2ccccc2)cc(N2CCN(C(=O)c3ccc([N+](=O)[O-])cc3)CC2)n1. The van der Waals surface area contributed by atoms with Crippen LogP contribution in [0.1, 0.15) is 16.2 Å². The summed E-state index contributed by atoms with van der Waals surface area (Å²) in [6.45, 7) is 4.30. The minimum atomic E-state index is -0.472. The van der Waals surface area contributed by atoms with Crippen molar-refractivity contribution in [1.29, 1.82) is 0 Å². The Morgan fingerprint density at radius 2 is 1.63 bits per heavy atom. The lowest BCUT2D eigenvalue weighted by molar-refractivity contribution is -0.384. The van der Waals surface area contributed by atoms with Gasteiger partial charge in [0.2, 0.25) is 0 Å². The van der Waals surface area contributed by atoms with Crippen molar-refractivity contribution in [2.24, 2.45) is 0 Å². The van der Waals surface area contributed by atoms with E-state index in [0.29, 0.717) is 37.6 Å². The van der Waals surface area contributed by atoms with Crippen molar-refractivity contribution < 1.29 is 9.72 Å². The summed E-state index contributed by atoms with van der Waals surface area (Å²) < 4.78 is 0. The van der Waals surface area contributed by atoms with E-state index in [9.17, 15) is 14.9 Å². The fourth-order valence-corrected chi connectivity index (χ4v) is 3.52. The highest BCUT2D eigenvalue weighted by Crippen LogP contribution is 2.23. The highest BCUT2D eigenvalue weighted by molar-refractivity contribution is 5.94. The maximum Gasteiger partial charge on any atom is 0.269 e.